The van der Waals surface area contributed by atoms with Crippen molar-refractivity contribution in [3.8, 4) is 0 Å². The summed E-state index contributed by atoms with van der Waals surface area (Å²) < 4.78 is 26.4. The maximum atomic E-state index is 12.2. The third-order valence-corrected chi connectivity index (χ3v) is 3.44. The van der Waals surface area contributed by atoms with Crippen LogP contribution in [-0.2, 0) is 29.4 Å². The molecule has 1 amide bonds. The highest BCUT2D eigenvalue weighted by Gasteiger charge is 2.40. The normalized spacial score (nSPS) is 15.8. The summed E-state index contributed by atoms with van der Waals surface area (Å²) in [7, 11) is 2.91. The second kappa shape index (κ2) is 7.61. The molecule has 7 heteroatoms. The lowest BCUT2D eigenvalue weighted by molar-refractivity contribution is -0.154. The molecule has 2 atom stereocenters. The van der Waals surface area contributed by atoms with Gasteiger partial charge in [-0.3, -0.25) is 4.18 Å². The van der Waals surface area contributed by atoms with Gasteiger partial charge in [0.2, 0.25) is 0 Å². The maximum Gasteiger partial charge on any atom is 0.377 e. The predicted octanol–water partition coefficient (Wildman–Crippen LogP) is 1.73. The van der Waals surface area contributed by atoms with Crippen molar-refractivity contribution >= 4 is 23.0 Å². The monoisotopic (exact) mass is 302 g/mol. The summed E-state index contributed by atoms with van der Waals surface area (Å²) in [5.74, 6) is -0.389. The molecule has 0 aliphatic rings. The van der Waals surface area contributed by atoms with E-state index in [4.69, 9.17) is 13.2 Å². The van der Waals surface area contributed by atoms with Crippen LogP contribution in [0.3, 0.4) is 0 Å². The first-order chi connectivity index (χ1) is 9.40. The Balaban J connectivity index is 3.02. The smallest absolute Gasteiger partial charge is 0.370 e. The van der Waals surface area contributed by atoms with Crippen LogP contribution in [-0.4, -0.2) is 37.0 Å². The van der Waals surface area contributed by atoms with Crippen molar-refractivity contribution in [3.63, 3.8) is 0 Å². The molecule has 0 saturated heterocycles. The number of carbonyl (C=O) groups is 1. The van der Waals surface area contributed by atoms with Crippen molar-refractivity contribution in [2.75, 3.05) is 20.8 Å². The minimum Gasteiger partial charge on any atom is -0.370 e. The Bertz CT molecular complexity index is 465. The summed E-state index contributed by atoms with van der Waals surface area (Å²) in [6.45, 7) is 3.29. The van der Waals surface area contributed by atoms with E-state index in [9.17, 15) is 9.00 Å². The van der Waals surface area contributed by atoms with Crippen molar-refractivity contribution in [2.45, 2.75) is 20.0 Å². The molecular weight excluding hydrogens is 282 g/mol. The first kappa shape index (κ1) is 16.9. The molecule has 0 aliphatic carbocycles. The van der Waals surface area contributed by atoms with E-state index in [1.807, 2.05) is 6.07 Å². The Labute approximate surface area is 121 Å². The topological polar surface area (TPSA) is 61.8 Å². The Morgan fingerprint density at radius 3 is 2.40 bits per heavy atom. The van der Waals surface area contributed by atoms with Crippen LogP contribution >= 0.6 is 0 Å². The lowest BCUT2D eigenvalue weighted by atomic mass is 10.3. The second-order valence-corrected chi connectivity index (χ2v) is 5.26. The number of ether oxygens (including phenoxy) is 1. The van der Waals surface area contributed by atoms with Gasteiger partial charge in [0.25, 0.3) is 0 Å². The number of methoxy groups -OCH3 is 1. The van der Waals surface area contributed by atoms with Crippen LogP contribution in [0.2, 0.25) is 0 Å². The molecule has 0 saturated carbocycles. The highest BCUT2D eigenvalue weighted by molar-refractivity contribution is 7.75. The average Bonchev–Trinajstić information content (AvgIpc) is 2.38. The molecule has 1 aromatic rings. The SMILES string of the molecule is COCC(=O)[N+](C)(OS(=O)OC(C)C)c1ccccc1. The Morgan fingerprint density at radius 1 is 1.30 bits per heavy atom. The Hall–Kier alpha value is -1.12. The molecule has 0 heterocycles. The van der Waals surface area contributed by atoms with Gasteiger partial charge in [-0.2, -0.15) is 4.21 Å². The van der Waals surface area contributed by atoms with Gasteiger partial charge in [-0.25, -0.2) is 4.79 Å². The fraction of sp³-hybridized carbons (Fsp3) is 0.462. The van der Waals surface area contributed by atoms with E-state index < -0.39 is 16.0 Å². The number of hydrogen-bond donors (Lipinski definition) is 0. The number of benzene rings is 1. The lowest BCUT2D eigenvalue weighted by Gasteiger charge is -2.26. The predicted molar refractivity (Wildman–Crippen MR) is 76.5 cm³/mol. The number of nitrogens with zero attached hydrogens (tertiary/aromatic N) is 1. The number of quaternary nitrogens is 1. The first-order valence-electron chi connectivity index (χ1n) is 6.13. The van der Waals surface area contributed by atoms with Gasteiger partial charge in [0.15, 0.2) is 12.3 Å². The standard InChI is InChI=1S/C13H20NO5S/c1-11(2)18-20(16)19-14(3,13(15)10-17-4)12-8-6-5-7-9-12/h5-9,11H,10H2,1-4H3/q+1. The molecule has 0 radical (unpaired) electrons. The molecule has 6 nitrogen and oxygen atoms in total. The lowest BCUT2D eigenvalue weighted by Crippen LogP contribution is -2.52. The summed E-state index contributed by atoms with van der Waals surface area (Å²) in [6, 6.07) is 8.76. The zero-order valence-corrected chi connectivity index (χ0v) is 12.9. The van der Waals surface area contributed by atoms with E-state index in [2.05, 4.69) is 0 Å². The van der Waals surface area contributed by atoms with Crippen molar-refractivity contribution in [2.24, 2.45) is 0 Å². The van der Waals surface area contributed by atoms with Gasteiger partial charge in [0, 0.05) is 19.2 Å². The maximum absolute atomic E-state index is 12.2. The summed E-state index contributed by atoms with van der Waals surface area (Å²) in [5, 5.41) is 0. The summed E-state index contributed by atoms with van der Waals surface area (Å²) in [4.78, 5) is 12.2. The molecule has 2 unspecified atom stereocenters. The van der Waals surface area contributed by atoms with E-state index in [1.165, 1.54) is 14.2 Å². The van der Waals surface area contributed by atoms with Gasteiger partial charge in [0.1, 0.15) is 7.05 Å². The molecular formula is C13H20NO5S+. The van der Waals surface area contributed by atoms with Crippen LogP contribution in [0.15, 0.2) is 30.3 Å². The minimum absolute atomic E-state index is 0.162. The summed E-state index contributed by atoms with van der Waals surface area (Å²) in [5.41, 5.74) is 0.537. The van der Waals surface area contributed by atoms with E-state index in [-0.39, 0.29) is 18.6 Å². The second-order valence-electron chi connectivity index (χ2n) is 4.51. The molecule has 0 spiro atoms. The number of carbonyl (C=O) groups excluding carboxylic acids is 1. The first-order valence-corrected chi connectivity index (χ1v) is 7.13. The number of hydroxylamine groups is 2. The molecule has 0 fully saturated rings. The Morgan fingerprint density at radius 2 is 1.90 bits per heavy atom. The number of likely N-dealkylation sites (N-methyl/N-ethyl adjacent to an activating group) is 1. The third-order valence-electron chi connectivity index (χ3n) is 2.47. The average molecular weight is 302 g/mol. The number of rotatable bonds is 7. The largest absolute Gasteiger partial charge is 0.377 e. The number of para-hydroxylation sites is 1. The van der Waals surface area contributed by atoms with Crippen molar-refractivity contribution in [3.05, 3.63) is 30.3 Å². The van der Waals surface area contributed by atoms with Crippen LogP contribution in [0.25, 0.3) is 0 Å². The quantitative estimate of drug-likeness (QED) is 0.567. The third kappa shape index (κ3) is 4.46. The molecule has 20 heavy (non-hydrogen) atoms. The van der Waals surface area contributed by atoms with Gasteiger partial charge in [-0.1, -0.05) is 27.1 Å². The van der Waals surface area contributed by atoms with Crippen LogP contribution in [0.4, 0.5) is 5.69 Å². The molecule has 112 valence electrons. The van der Waals surface area contributed by atoms with Gasteiger partial charge in [0.05, 0.1) is 6.10 Å². The van der Waals surface area contributed by atoms with Crippen LogP contribution < -0.4 is 4.65 Å². The summed E-state index contributed by atoms with van der Waals surface area (Å²) >= 11 is -2.05. The molecule has 1 rings (SSSR count). The molecule has 0 bridgehead atoms. The fourth-order valence-electron chi connectivity index (χ4n) is 1.48. The van der Waals surface area contributed by atoms with Gasteiger partial charge >= 0.3 is 17.3 Å². The van der Waals surface area contributed by atoms with E-state index in [1.54, 1.807) is 38.1 Å². The Kier molecular flexibility index (Phi) is 6.44. The fourth-order valence-corrected chi connectivity index (χ4v) is 2.25. The number of hydrogen-bond acceptors (Lipinski definition) is 5. The van der Waals surface area contributed by atoms with Crippen molar-refractivity contribution in [1.82, 2.24) is 4.65 Å². The molecule has 0 N–H and O–H groups in total. The highest BCUT2D eigenvalue weighted by atomic mass is 32.2. The number of amides is 1. The van der Waals surface area contributed by atoms with Crippen molar-refractivity contribution < 1.29 is 22.2 Å². The zero-order chi connectivity index (χ0) is 15.2. The van der Waals surface area contributed by atoms with E-state index >= 15 is 0 Å². The van der Waals surface area contributed by atoms with E-state index in [0.717, 1.165) is 0 Å². The van der Waals surface area contributed by atoms with Crippen LogP contribution in [0.1, 0.15) is 13.8 Å². The minimum atomic E-state index is -2.05. The molecule has 0 aliphatic heterocycles. The highest BCUT2D eigenvalue weighted by Crippen LogP contribution is 2.23. The molecule has 0 aromatic heterocycles. The van der Waals surface area contributed by atoms with Crippen LogP contribution in [0.5, 0.6) is 0 Å². The van der Waals surface area contributed by atoms with Gasteiger partial charge < -0.3 is 4.74 Å². The molecule has 1 aromatic carbocycles. The zero-order valence-electron chi connectivity index (χ0n) is 12.1. The van der Waals surface area contributed by atoms with Crippen LogP contribution in [0, 0.1) is 0 Å². The van der Waals surface area contributed by atoms with Gasteiger partial charge in [-0.05, 0) is 13.8 Å². The summed E-state index contributed by atoms with van der Waals surface area (Å²) in [6.07, 6.45) is -0.280. The van der Waals surface area contributed by atoms with E-state index in [0.29, 0.717) is 5.69 Å². The van der Waals surface area contributed by atoms with Crippen molar-refractivity contribution in [1.29, 1.82) is 0 Å². The van der Waals surface area contributed by atoms with Gasteiger partial charge in [-0.15, -0.1) is 0 Å².